The summed E-state index contributed by atoms with van der Waals surface area (Å²) in [4.78, 5) is 10.2. The molecule has 1 aliphatic heterocycles. The lowest BCUT2D eigenvalue weighted by Crippen LogP contribution is -2.36. The van der Waals surface area contributed by atoms with Crippen molar-refractivity contribution in [3.63, 3.8) is 0 Å². The van der Waals surface area contributed by atoms with E-state index in [0.717, 1.165) is 55.9 Å². The molecule has 1 N–H and O–H groups in total. The van der Waals surface area contributed by atoms with E-state index in [-0.39, 0.29) is 0 Å². The van der Waals surface area contributed by atoms with Gasteiger partial charge in [-0.1, -0.05) is 121 Å². The quantitative estimate of drug-likeness (QED) is 0.232. The molecule has 2 heterocycles. The highest BCUT2D eigenvalue weighted by Gasteiger charge is 2.24. The smallest absolute Gasteiger partial charge is 0.170 e. The van der Waals surface area contributed by atoms with E-state index < -0.39 is 6.17 Å². The summed E-state index contributed by atoms with van der Waals surface area (Å²) in [5.41, 5.74) is 6.73. The fourth-order valence-electron chi connectivity index (χ4n) is 5.72. The van der Waals surface area contributed by atoms with Crippen LogP contribution in [0.25, 0.3) is 43.8 Å². The van der Waals surface area contributed by atoms with Gasteiger partial charge in [-0.15, -0.1) is 0 Å². The van der Waals surface area contributed by atoms with Gasteiger partial charge in [-0.25, -0.2) is 9.98 Å². The van der Waals surface area contributed by atoms with Crippen LogP contribution in [-0.4, -0.2) is 11.7 Å². The molecular formula is C37H24ClN3O. The van der Waals surface area contributed by atoms with Crippen molar-refractivity contribution in [2.45, 2.75) is 6.17 Å². The molecule has 0 fully saturated rings. The van der Waals surface area contributed by atoms with Gasteiger partial charge in [0.15, 0.2) is 6.17 Å². The molecule has 0 radical (unpaired) electrons. The molecule has 1 unspecified atom stereocenters. The van der Waals surface area contributed by atoms with Crippen molar-refractivity contribution < 1.29 is 4.42 Å². The van der Waals surface area contributed by atoms with Crippen LogP contribution < -0.4 is 5.32 Å². The number of furan rings is 1. The van der Waals surface area contributed by atoms with Gasteiger partial charge in [-0.2, -0.15) is 0 Å². The molecule has 1 atom stereocenters. The highest BCUT2D eigenvalue weighted by molar-refractivity contribution is 6.31. The molecule has 0 amide bonds. The molecule has 0 saturated heterocycles. The van der Waals surface area contributed by atoms with E-state index in [0.29, 0.717) is 5.02 Å². The number of rotatable bonds is 4. The van der Waals surface area contributed by atoms with Crippen LogP contribution in [0.1, 0.15) is 22.9 Å². The highest BCUT2D eigenvalue weighted by Crippen LogP contribution is 2.39. The number of aliphatic imine (C=N–C) groups is 2. The maximum Gasteiger partial charge on any atom is 0.170 e. The second kappa shape index (κ2) is 10.0. The number of para-hydroxylation sites is 1. The van der Waals surface area contributed by atoms with Crippen LogP contribution in [0.3, 0.4) is 0 Å². The molecule has 4 nitrogen and oxygen atoms in total. The van der Waals surface area contributed by atoms with Gasteiger partial charge >= 0.3 is 0 Å². The SMILES string of the molecule is Clc1cc(C2N=C(c3ccccc3)NC(c3ccc(-c4ccc5ccccc5c4)cc3)=N2)c2c(c1)oc1ccccc12. The normalized spacial score (nSPS) is 15.0. The van der Waals surface area contributed by atoms with E-state index >= 15 is 0 Å². The Balaban J connectivity index is 1.24. The second-order valence-corrected chi connectivity index (χ2v) is 10.9. The number of amidine groups is 2. The third-order valence-electron chi connectivity index (χ3n) is 7.78. The summed E-state index contributed by atoms with van der Waals surface area (Å²) < 4.78 is 6.17. The lowest BCUT2D eigenvalue weighted by molar-refractivity contribution is 0.667. The summed E-state index contributed by atoms with van der Waals surface area (Å²) >= 11 is 6.62. The molecule has 200 valence electrons. The van der Waals surface area contributed by atoms with Gasteiger partial charge in [-0.05, 0) is 40.1 Å². The third-order valence-corrected chi connectivity index (χ3v) is 8.00. The molecule has 0 bridgehead atoms. The van der Waals surface area contributed by atoms with Crippen LogP contribution >= 0.6 is 11.6 Å². The molecular weight excluding hydrogens is 538 g/mol. The number of hydrogen-bond donors (Lipinski definition) is 1. The average molecular weight is 562 g/mol. The van der Waals surface area contributed by atoms with Crippen molar-refractivity contribution in [3.05, 3.63) is 155 Å². The van der Waals surface area contributed by atoms with Crippen molar-refractivity contribution in [2.24, 2.45) is 9.98 Å². The maximum absolute atomic E-state index is 6.62. The summed E-state index contributed by atoms with van der Waals surface area (Å²) in [6.07, 6.45) is -0.515. The number of nitrogens with one attached hydrogen (secondary N) is 1. The van der Waals surface area contributed by atoms with Crippen molar-refractivity contribution >= 4 is 56.0 Å². The topological polar surface area (TPSA) is 49.9 Å². The number of benzene rings is 6. The van der Waals surface area contributed by atoms with E-state index in [1.165, 1.54) is 16.3 Å². The van der Waals surface area contributed by atoms with Gasteiger partial charge in [-0.3, -0.25) is 0 Å². The summed E-state index contributed by atoms with van der Waals surface area (Å²) in [5.74, 6) is 1.50. The molecule has 1 aliphatic rings. The number of nitrogens with zero attached hydrogens (tertiary/aromatic N) is 2. The Morgan fingerprint density at radius 2 is 1.19 bits per heavy atom. The first-order valence-electron chi connectivity index (χ1n) is 13.9. The predicted octanol–water partition coefficient (Wildman–Crippen LogP) is 9.55. The van der Waals surface area contributed by atoms with Crippen LogP contribution in [-0.2, 0) is 0 Å². The lowest BCUT2D eigenvalue weighted by Gasteiger charge is -2.23. The van der Waals surface area contributed by atoms with E-state index in [1.807, 2.05) is 48.5 Å². The van der Waals surface area contributed by atoms with Crippen molar-refractivity contribution in [2.75, 3.05) is 0 Å². The molecule has 6 aromatic carbocycles. The Kier molecular flexibility index (Phi) is 5.87. The van der Waals surface area contributed by atoms with Crippen LogP contribution in [0.15, 0.2) is 148 Å². The Bertz CT molecular complexity index is 2180. The summed E-state index contributed by atoms with van der Waals surface area (Å²) in [6.45, 7) is 0. The zero-order chi connectivity index (χ0) is 28.0. The van der Waals surface area contributed by atoms with Gasteiger partial charge in [0.25, 0.3) is 0 Å². The minimum absolute atomic E-state index is 0.515. The van der Waals surface area contributed by atoms with Gasteiger partial charge in [0.2, 0.25) is 0 Å². The van der Waals surface area contributed by atoms with E-state index in [9.17, 15) is 0 Å². The van der Waals surface area contributed by atoms with E-state index in [1.54, 1.807) is 0 Å². The van der Waals surface area contributed by atoms with Crippen molar-refractivity contribution in [1.82, 2.24) is 5.32 Å². The Morgan fingerprint density at radius 3 is 2.00 bits per heavy atom. The van der Waals surface area contributed by atoms with Gasteiger partial charge in [0.05, 0.1) is 0 Å². The predicted molar refractivity (Wildman–Crippen MR) is 174 cm³/mol. The number of fused-ring (bicyclic) bond motifs is 4. The largest absolute Gasteiger partial charge is 0.456 e. The van der Waals surface area contributed by atoms with Crippen molar-refractivity contribution in [1.29, 1.82) is 0 Å². The zero-order valence-corrected chi connectivity index (χ0v) is 23.2. The first-order valence-corrected chi connectivity index (χ1v) is 14.3. The van der Waals surface area contributed by atoms with Gasteiger partial charge < -0.3 is 9.73 Å². The van der Waals surface area contributed by atoms with Crippen LogP contribution in [0, 0.1) is 0 Å². The standard InChI is InChI=1S/C37H24ClN3O/c38-29-21-31(34-30-12-6-7-13-32(30)42-33(34)22-29)37-40-35(25-9-2-1-3-10-25)39-36(41-37)26-17-14-24(15-18-26)28-19-16-23-8-4-5-11-27(23)20-28/h1-22,37H,(H,39,40,41). The number of halogens is 1. The van der Waals surface area contributed by atoms with E-state index in [2.05, 4.69) is 90.2 Å². The molecule has 1 aromatic heterocycles. The molecule has 5 heteroatoms. The summed E-state index contributed by atoms with van der Waals surface area (Å²) in [5, 5.41) is 8.55. The fraction of sp³-hybridized carbons (Fsp3) is 0.0270. The molecule has 0 saturated carbocycles. The van der Waals surface area contributed by atoms with Crippen LogP contribution in [0.5, 0.6) is 0 Å². The Hall–Kier alpha value is -5.19. The van der Waals surface area contributed by atoms with Crippen molar-refractivity contribution in [3.8, 4) is 11.1 Å². The van der Waals surface area contributed by atoms with E-state index in [4.69, 9.17) is 26.0 Å². The highest BCUT2D eigenvalue weighted by atomic mass is 35.5. The third kappa shape index (κ3) is 4.33. The Morgan fingerprint density at radius 1 is 0.548 bits per heavy atom. The monoisotopic (exact) mass is 561 g/mol. The summed E-state index contributed by atoms with van der Waals surface area (Å²) in [6, 6.07) is 45.5. The molecule has 8 rings (SSSR count). The first kappa shape index (κ1) is 24.6. The zero-order valence-electron chi connectivity index (χ0n) is 22.5. The van der Waals surface area contributed by atoms with Crippen LogP contribution in [0.2, 0.25) is 5.02 Å². The fourth-order valence-corrected chi connectivity index (χ4v) is 5.94. The van der Waals surface area contributed by atoms with Gasteiger partial charge in [0, 0.05) is 38.6 Å². The summed E-state index contributed by atoms with van der Waals surface area (Å²) in [7, 11) is 0. The molecule has 7 aromatic rings. The second-order valence-electron chi connectivity index (χ2n) is 10.4. The minimum atomic E-state index is -0.515. The number of hydrogen-bond acceptors (Lipinski definition) is 4. The average Bonchev–Trinajstić information content (AvgIpc) is 3.42. The van der Waals surface area contributed by atoms with Gasteiger partial charge in [0.1, 0.15) is 22.8 Å². The lowest BCUT2D eigenvalue weighted by atomic mass is 9.99. The molecule has 42 heavy (non-hydrogen) atoms. The minimum Gasteiger partial charge on any atom is -0.456 e. The Labute approximate surface area is 247 Å². The first-order chi connectivity index (χ1) is 20.7. The van der Waals surface area contributed by atoms with Crippen LogP contribution in [0.4, 0.5) is 0 Å². The maximum atomic E-state index is 6.62. The molecule has 0 aliphatic carbocycles. The molecule has 0 spiro atoms.